The first kappa shape index (κ1) is 12.3. The minimum atomic E-state index is 0.0949. The molecular formula is C15H18ClN. The van der Waals surface area contributed by atoms with Gasteiger partial charge in [0.1, 0.15) is 0 Å². The molecule has 0 heterocycles. The number of hydrogen-bond acceptors (Lipinski definition) is 1. The SMILES string of the molecule is C=CC1CCC/C(=C\Nc2ccccc2)C1Cl. The predicted molar refractivity (Wildman–Crippen MR) is 75.3 cm³/mol. The van der Waals surface area contributed by atoms with Crippen LogP contribution in [0.15, 0.2) is 54.8 Å². The van der Waals surface area contributed by atoms with E-state index in [2.05, 4.69) is 18.1 Å². The third-order valence-corrected chi connectivity index (χ3v) is 3.84. The highest BCUT2D eigenvalue weighted by Gasteiger charge is 2.24. The second-order valence-corrected chi connectivity index (χ2v) is 4.89. The molecule has 2 heteroatoms. The molecule has 2 unspecified atom stereocenters. The normalized spacial score (nSPS) is 26.8. The van der Waals surface area contributed by atoms with Gasteiger partial charge < -0.3 is 5.32 Å². The van der Waals surface area contributed by atoms with Crippen LogP contribution in [0.5, 0.6) is 0 Å². The summed E-state index contributed by atoms with van der Waals surface area (Å²) in [6.07, 6.45) is 7.47. The van der Waals surface area contributed by atoms with Gasteiger partial charge in [0.2, 0.25) is 0 Å². The predicted octanol–water partition coefficient (Wildman–Crippen LogP) is 4.58. The zero-order valence-electron chi connectivity index (χ0n) is 9.90. The van der Waals surface area contributed by atoms with Crippen LogP contribution in [0.4, 0.5) is 5.69 Å². The fourth-order valence-corrected chi connectivity index (χ4v) is 2.60. The Balaban J connectivity index is 2.03. The number of alkyl halides is 1. The van der Waals surface area contributed by atoms with Gasteiger partial charge >= 0.3 is 0 Å². The Bertz CT molecular complexity index is 397. The Hall–Kier alpha value is -1.21. The van der Waals surface area contributed by atoms with Crippen molar-refractivity contribution in [1.29, 1.82) is 0 Å². The van der Waals surface area contributed by atoms with Crippen LogP contribution in [-0.4, -0.2) is 5.38 Å². The summed E-state index contributed by atoms with van der Waals surface area (Å²) in [6.45, 7) is 3.86. The molecule has 0 radical (unpaired) electrons. The van der Waals surface area contributed by atoms with Crippen molar-refractivity contribution in [3.63, 3.8) is 0 Å². The lowest BCUT2D eigenvalue weighted by molar-refractivity contribution is 0.502. The van der Waals surface area contributed by atoms with E-state index in [-0.39, 0.29) is 5.38 Å². The van der Waals surface area contributed by atoms with Gasteiger partial charge in [-0.2, -0.15) is 0 Å². The first-order valence-corrected chi connectivity index (χ1v) is 6.52. The summed E-state index contributed by atoms with van der Waals surface area (Å²) >= 11 is 6.44. The Morgan fingerprint density at radius 3 is 2.76 bits per heavy atom. The number of rotatable bonds is 3. The molecule has 1 nitrogen and oxygen atoms in total. The van der Waals surface area contributed by atoms with E-state index in [9.17, 15) is 0 Å². The highest BCUT2D eigenvalue weighted by molar-refractivity contribution is 6.22. The summed E-state index contributed by atoms with van der Waals surface area (Å²) in [5, 5.41) is 3.40. The van der Waals surface area contributed by atoms with E-state index < -0.39 is 0 Å². The number of anilines is 1. The van der Waals surface area contributed by atoms with Crippen LogP contribution in [0, 0.1) is 5.92 Å². The van der Waals surface area contributed by atoms with Crippen molar-refractivity contribution >= 4 is 17.3 Å². The number of para-hydroxylation sites is 1. The average Bonchev–Trinajstić information content (AvgIpc) is 2.39. The number of nitrogens with one attached hydrogen (secondary N) is 1. The molecule has 1 aliphatic rings. The standard InChI is InChI=1S/C15H18ClN/c1-2-12-7-6-8-13(15(12)16)11-17-14-9-4-3-5-10-14/h2-5,9-12,15,17H,1,6-8H2/b13-11+. The molecule has 0 aliphatic heterocycles. The molecule has 1 fully saturated rings. The van der Waals surface area contributed by atoms with Crippen LogP contribution in [0.2, 0.25) is 0 Å². The number of hydrogen-bond donors (Lipinski definition) is 1. The van der Waals surface area contributed by atoms with Gasteiger partial charge in [-0.1, -0.05) is 24.3 Å². The molecule has 1 N–H and O–H groups in total. The smallest absolute Gasteiger partial charge is 0.0624 e. The van der Waals surface area contributed by atoms with E-state index in [1.54, 1.807) is 0 Å². The molecule has 0 aromatic heterocycles. The molecule has 1 aromatic rings. The van der Waals surface area contributed by atoms with Crippen LogP contribution in [0.25, 0.3) is 0 Å². The second kappa shape index (κ2) is 5.92. The van der Waals surface area contributed by atoms with E-state index in [0.29, 0.717) is 5.92 Å². The molecular weight excluding hydrogens is 230 g/mol. The van der Waals surface area contributed by atoms with E-state index in [0.717, 1.165) is 18.5 Å². The lowest BCUT2D eigenvalue weighted by atomic mass is 9.85. The molecule has 0 saturated heterocycles. The molecule has 0 spiro atoms. The monoisotopic (exact) mass is 247 g/mol. The van der Waals surface area contributed by atoms with Gasteiger partial charge in [-0.25, -0.2) is 0 Å². The first-order valence-electron chi connectivity index (χ1n) is 6.08. The summed E-state index contributed by atoms with van der Waals surface area (Å²) in [7, 11) is 0. The maximum absolute atomic E-state index is 6.44. The Labute approximate surface area is 108 Å². The molecule has 2 rings (SSSR count). The summed E-state index contributed by atoms with van der Waals surface area (Å²) in [5.41, 5.74) is 2.39. The molecule has 1 saturated carbocycles. The van der Waals surface area contributed by atoms with E-state index in [4.69, 9.17) is 11.6 Å². The van der Waals surface area contributed by atoms with Crippen molar-refractivity contribution in [1.82, 2.24) is 0 Å². The summed E-state index contributed by atoms with van der Waals surface area (Å²) in [6, 6.07) is 10.2. The van der Waals surface area contributed by atoms with Gasteiger partial charge in [0.25, 0.3) is 0 Å². The lowest BCUT2D eigenvalue weighted by Gasteiger charge is -2.27. The quantitative estimate of drug-likeness (QED) is 0.609. The van der Waals surface area contributed by atoms with Gasteiger partial charge in [0, 0.05) is 11.9 Å². The van der Waals surface area contributed by atoms with Gasteiger partial charge in [0.15, 0.2) is 0 Å². The molecule has 1 aliphatic carbocycles. The van der Waals surface area contributed by atoms with Crippen molar-refractivity contribution in [2.45, 2.75) is 24.6 Å². The summed E-state index contributed by atoms with van der Waals surface area (Å²) < 4.78 is 0. The molecule has 0 amide bonds. The number of allylic oxidation sites excluding steroid dienone is 2. The van der Waals surface area contributed by atoms with Gasteiger partial charge in [-0.15, -0.1) is 18.2 Å². The molecule has 17 heavy (non-hydrogen) atoms. The van der Waals surface area contributed by atoms with Crippen molar-refractivity contribution in [3.05, 3.63) is 54.8 Å². The Morgan fingerprint density at radius 2 is 2.06 bits per heavy atom. The average molecular weight is 248 g/mol. The van der Waals surface area contributed by atoms with E-state index in [1.165, 1.54) is 12.0 Å². The summed E-state index contributed by atoms with van der Waals surface area (Å²) in [4.78, 5) is 0. The topological polar surface area (TPSA) is 12.0 Å². The van der Waals surface area contributed by atoms with Crippen LogP contribution in [0.1, 0.15) is 19.3 Å². The van der Waals surface area contributed by atoms with Crippen LogP contribution in [-0.2, 0) is 0 Å². The van der Waals surface area contributed by atoms with Crippen LogP contribution in [0.3, 0.4) is 0 Å². The van der Waals surface area contributed by atoms with Gasteiger partial charge in [-0.05, 0) is 42.9 Å². The van der Waals surface area contributed by atoms with Gasteiger partial charge in [-0.3, -0.25) is 0 Å². The fraction of sp³-hybridized carbons (Fsp3) is 0.333. The highest BCUT2D eigenvalue weighted by Crippen LogP contribution is 2.33. The van der Waals surface area contributed by atoms with Crippen molar-refractivity contribution < 1.29 is 0 Å². The van der Waals surface area contributed by atoms with E-state index >= 15 is 0 Å². The van der Waals surface area contributed by atoms with Crippen molar-refractivity contribution in [2.75, 3.05) is 5.32 Å². The maximum atomic E-state index is 6.44. The number of benzene rings is 1. The highest BCUT2D eigenvalue weighted by atomic mass is 35.5. The van der Waals surface area contributed by atoms with Crippen molar-refractivity contribution in [2.24, 2.45) is 5.92 Å². The molecule has 90 valence electrons. The fourth-order valence-electron chi connectivity index (χ4n) is 2.20. The van der Waals surface area contributed by atoms with Crippen LogP contribution >= 0.6 is 11.6 Å². The van der Waals surface area contributed by atoms with Crippen molar-refractivity contribution in [3.8, 4) is 0 Å². The minimum Gasteiger partial charge on any atom is -0.362 e. The third-order valence-electron chi connectivity index (χ3n) is 3.23. The zero-order valence-corrected chi connectivity index (χ0v) is 10.7. The molecule has 1 aromatic carbocycles. The lowest BCUT2D eigenvalue weighted by Crippen LogP contribution is -2.21. The summed E-state index contributed by atoms with van der Waals surface area (Å²) in [5.74, 6) is 0.411. The zero-order chi connectivity index (χ0) is 12.1. The van der Waals surface area contributed by atoms with Crippen LogP contribution < -0.4 is 5.32 Å². The van der Waals surface area contributed by atoms with Gasteiger partial charge in [0.05, 0.1) is 5.38 Å². The molecule has 0 bridgehead atoms. The second-order valence-electron chi connectivity index (χ2n) is 4.42. The Kier molecular flexibility index (Phi) is 4.27. The maximum Gasteiger partial charge on any atom is 0.0624 e. The third kappa shape index (κ3) is 3.13. The molecule has 2 atom stereocenters. The number of halogens is 1. The Morgan fingerprint density at radius 1 is 1.29 bits per heavy atom. The van der Waals surface area contributed by atoms with E-state index in [1.807, 2.05) is 36.4 Å². The largest absolute Gasteiger partial charge is 0.362 e. The minimum absolute atomic E-state index is 0.0949. The first-order chi connectivity index (χ1) is 8.31.